The van der Waals surface area contributed by atoms with Gasteiger partial charge in [-0.25, -0.2) is 8.78 Å². The number of nitrogens with zero attached hydrogens (tertiary/aromatic N) is 1. The zero-order valence-electron chi connectivity index (χ0n) is 25.0. The van der Waals surface area contributed by atoms with E-state index in [1.165, 1.54) is 12.1 Å². The second kappa shape index (κ2) is 14.3. The van der Waals surface area contributed by atoms with E-state index in [9.17, 15) is 23.5 Å². The number of benzene rings is 3. The molecule has 0 unspecified atom stereocenters. The van der Waals surface area contributed by atoms with Crippen LogP contribution in [-0.2, 0) is 11.2 Å². The van der Waals surface area contributed by atoms with E-state index in [0.29, 0.717) is 43.0 Å². The van der Waals surface area contributed by atoms with Crippen LogP contribution in [0.5, 0.6) is 5.75 Å². The summed E-state index contributed by atoms with van der Waals surface area (Å²) in [5, 5.41) is 17.7. The number of carbonyl (C=O) groups excluding carboxylic acids is 2. The Labute approximate surface area is 256 Å². The number of aryl methyl sites for hydroxylation is 1. The monoisotopic (exact) mass is 607 g/mol. The maximum absolute atomic E-state index is 14.1. The zero-order valence-corrected chi connectivity index (χ0v) is 25.0. The van der Waals surface area contributed by atoms with Crippen LogP contribution in [0.1, 0.15) is 51.1 Å². The van der Waals surface area contributed by atoms with Crippen LogP contribution < -0.4 is 15.4 Å². The molecule has 2 fully saturated rings. The van der Waals surface area contributed by atoms with Crippen molar-refractivity contribution >= 4 is 11.8 Å². The van der Waals surface area contributed by atoms with Gasteiger partial charge in [-0.2, -0.15) is 0 Å². The van der Waals surface area contributed by atoms with Gasteiger partial charge in [0, 0.05) is 49.9 Å². The summed E-state index contributed by atoms with van der Waals surface area (Å²) < 4.78 is 39.5. The first kappa shape index (κ1) is 31.6. The van der Waals surface area contributed by atoms with E-state index in [-0.39, 0.29) is 30.0 Å². The number of aliphatic hydroxyl groups is 1. The lowest BCUT2D eigenvalue weighted by Crippen LogP contribution is -2.52. The van der Waals surface area contributed by atoms with Gasteiger partial charge in [-0.05, 0) is 79.8 Å². The highest BCUT2D eigenvalue weighted by Gasteiger charge is 2.36. The molecule has 234 valence electrons. The average Bonchev–Trinajstić information content (AvgIpc) is 3.66. The van der Waals surface area contributed by atoms with E-state index in [1.54, 1.807) is 37.1 Å². The number of halogens is 2. The van der Waals surface area contributed by atoms with Gasteiger partial charge in [0.15, 0.2) is 0 Å². The number of amides is 2. The fourth-order valence-electron chi connectivity index (χ4n) is 6.22. The number of methoxy groups -OCH3 is 1. The van der Waals surface area contributed by atoms with Gasteiger partial charge in [0.2, 0.25) is 0 Å². The molecular weight excluding hydrogens is 568 g/mol. The van der Waals surface area contributed by atoms with Crippen molar-refractivity contribution in [2.45, 2.75) is 62.9 Å². The molecule has 0 spiro atoms. The van der Waals surface area contributed by atoms with Crippen molar-refractivity contribution < 1.29 is 33.0 Å². The molecule has 8 nitrogen and oxygen atoms in total. The quantitative estimate of drug-likeness (QED) is 0.305. The van der Waals surface area contributed by atoms with Crippen molar-refractivity contribution in [2.75, 3.05) is 26.8 Å². The molecule has 2 aliphatic rings. The Morgan fingerprint density at radius 1 is 1.07 bits per heavy atom. The molecule has 5 atom stereocenters. The number of para-hydroxylation sites is 1. The molecular formula is C34H39F2N3O5. The topological polar surface area (TPSA) is 100 Å². The van der Waals surface area contributed by atoms with E-state index in [2.05, 4.69) is 10.6 Å². The van der Waals surface area contributed by atoms with Gasteiger partial charge in [-0.15, -0.1) is 0 Å². The zero-order chi connectivity index (χ0) is 31.2. The number of ether oxygens (including phenoxy) is 2. The second-order valence-corrected chi connectivity index (χ2v) is 11.7. The number of carbonyl (C=O) groups is 2. The largest absolute Gasteiger partial charge is 0.489 e. The first-order valence-corrected chi connectivity index (χ1v) is 15.0. The van der Waals surface area contributed by atoms with Crippen molar-refractivity contribution in [3.63, 3.8) is 0 Å². The van der Waals surface area contributed by atoms with Crippen molar-refractivity contribution in [3.8, 4) is 5.75 Å². The maximum atomic E-state index is 14.1. The fourth-order valence-corrected chi connectivity index (χ4v) is 6.22. The Morgan fingerprint density at radius 2 is 1.80 bits per heavy atom. The molecule has 3 aromatic carbocycles. The van der Waals surface area contributed by atoms with E-state index in [4.69, 9.17) is 9.47 Å². The molecule has 2 saturated heterocycles. The summed E-state index contributed by atoms with van der Waals surface area (Å²) in [5.41, 5.74) is 1.66. The molecule has 0 aromatic heterocycles. The normalized spacial score (nSPS) is 21.2. The molecule has 0 radical (unpaired) electrons. The molecule has 2 heterocycles. The first-order valence-electron chi connectivity index (χ1n) is 15.0. The van der Waals surface area contributed by atoms with Crippen molar-refractivity contribution in [2.24, 2.45) is 0 Å². The van der Waals surface area contributed by atoms with Crippen molar-refractivity contribution in [1.29, 1.82) is 0 Å². The number of likely N-dealkylation sites (tertiary alicyclic amines) is 1. The second-order valence-electron chi connectivity index (χ2n) is 11.7. The van der Waals surface area contributed by atoms with E-state index >= 15 is 0 Å². The van der Waals surface area contributed by atoms with Gasteiger partial charge in [-0.3, -0.25) is 9.59 Å². The molecule has 3 N–H and O–H groups in total. The van der Waals surface area contributed by atoms with Crippen LogP contribution in [0.25, 0.3) is 0 Å². The van der Waals surface area contributed by atoms with Gasteiger partial charge in [0.05, 0.1) is 24.8 Å². The molecule has 0 bridgehead atoms. The predicted molar refractivity (Wildman–Crippen MR) is 162 cm³/mol. The lowest BCUT2D eigenvalue weighted by atomic mass is 9.94. The number of hydrogen-bond acceptors (Lipinski definition) is 6. The number of nitrogens with one attached hydrogen (secondary N) is 2. The summed E-state index contributed by atoms with van der Waals surface area (Å²) in [7, 11) is 1.61. The summed E-state index contributed by atoms with van der Waals surface area (Å²) >= 11 is 0. The summed E-state index contributed by atoms with van der Waals surface area (Å²) in [4.78, 5) is 28.9. The third kappa shape index (κ3) is 7.80. The van der Waals surface area contributed by atoms with Gasteiger partial charge >= 0.3 is 0 Å². The fraction of sp³-hybridized carbons (Fsp3) is 0.412. The van der Waals surface area contributed by atoms with Crippen LogP contribution in [0.3, 0.4) is 0 Å². The molecule has 3 aromatic rings. The van der Waals surface area contributed by atoms with Crippen molar-refractivity contribution in [1.82, 2.24) is 15.5 Å². The Bertz CT molecular complexity index is 1440. The van der Waals surface area contributed by atoms with Crippen molar-refractivity contribution in [3.05, 3.63) is 101 Å². The van der Waals surface area contributed by atoms with Crippen LogP contribution in [0.2, 0.25) is 0 Å². The van der Waals surface area contributed by atoms with Gasteiger partial charge in [-0.1, -0.05) is 18.2 Å². The minimum absolute atomic E-state index is 0.0198. The van der Waals surface area contributed by atoms with E-state index in [0.717, 1.165) is 24.5 Å². The molecule has 0 saturated carbocycles. The van der Waals surface area contributed by atoms with Gasteiger partial charge in [0.25, 0.3) is 11.8 Å². The molecule has 5 rings (SSSR count). The predicted octanol–water partition coefficient (Wildman–Crippen LogP) is 4.04. The smallest absolute Gasteiger partial charge is 0.254 e. The molecule has 44 heavy (non-hydrogen) atoms. The third-order valence-corrected chi connectivity index (χ3v) is 8.27. The molecule has 2 aliphatic heterocycles. The minimum Gasteiger partial charge on any atom is -0.489 e. The van der Waals surface area contributed by atoms with Gasteiger partial charge < -0.3 is 30.1 Å². The lowest BCUT2D eigenvalue weighted by molar-refractivity contribution is 0.0630. The highest BCUT2D eigenvalue weighted by molar-refractivity contribution is 6.00. The number of rotatable bonds is 11. The Kier molecular flexibility index (Phi) is 10.2. The van der Waals surface area contributed by atoms with Crippen LogP contribution in [0.4, 0.5) is 8.78 Å². The summed E-state index contributed by atoms with van der Waals surface area (Å²) in [6, 6.07) is 16.1. The SMILES string of the molecule is COC[C@H]1CCCN1C(=O)c1cc(C)cc(C(=O)N[C@@H](Cc2cc(F)cc(F)c2)[C@@H](O)[C@H]2C[C@@H](Oc3ccccc3)CN2)c1. The van der Waals surface area contributed by atoms with Crippen LogP contribution in [-0.4, -0.2) is 79.0 Å². The maximum Gasteiger partial charge on any atom is 0.254 e. The minimum atomic E-state index is -1.11. The average molecular weight is 608 g/mol. The standard InChI is InChI=1S/C34H39F2N3O5/c1-21-11-23(16-24(12-21)34(42)39-10-6-7-27(39)20-43-2)33(41)38-31(15-22-13-25(35)17-26(36)14-22)32(40)30-18-29(19-37-30)44-28-8-4-3-5-9-28/h3-5,8-9,11-14,16-17,27,29-32,37,40H,6-7,10,15,18-20H2,1-2H3,(H,38,41)/t27-,29-,30-,31+,32+/m1/s1. The number of hydrogen-bond donors (Lipinski definition) is 3. The first-order chi connectivity index (χ1) is 21.2. The van der Waals surface area contributed by atoms with Gasteiger partial charge in [0.1, 0.15) is 23.5 Å². The summed E-state index contributed by atoms with van der Waals surface area (Å²) in [5.74, 6) is -1.46. The highest BCUT2D eigenvalue weighted by atomic mass is 19.1. The summed E-state index contributed by atoms with van der Waals surface area (Å²) in [6.07, 6.45) is 0.852. The Morgan fingerprint density at radius 3 is 2.52 bits per heavy atom. The highest BCUT2D eigenvalue weighted by Crippen LogP contribution is 2.24. The van der Waals surface area contributed by atoms with E-state index < -0.39 is 35.7 Å². The number of aliphatic hydroxyl groups excluding tert-OH is 1. The third-order valence-electron chi connectivity index (χ3n) is 8.27. The van der Waals surface area contributed by atoms with Crippen LogP contribution >= 0.6 is 0 Å². The molecule has 10 heteroatoms. The van der Waals surface area contributed by atoms with Crippen LogP contribution in [0.15, 0.2) is 66.7 Å². The van der Waals surface area contributed by atoms with E-state index in [1.807, 2.05) is 30.3 Å². The Balaban J connectivity index is 1.34. The summed E-state index contributed by atoms with van der Waals surface area (Å²) in [6.45, 7) is 3.35. The molecule has 2 amide bonds. The Hall–Kier alpha value is -3.86. The lowest BCUT2D eigenvalue weighted by Gasteiger charge is -2.29. The van der Waals surface area contributed by atoms with Crippen LogP contribution in [0, 0.1) is 18.6 Å². The molecule has 0 aliphatic carbocycles.